The minimum atomic E-state index is -0.0592. The SMILES string of the molecule is COc1ccccc1-c1[nH]c(C)cc1C(=O)NCC1CCC(c2cc[n+]([O-])c(C)c2)CC1. The van der Waals surface area contributed by atoms with E-state index in [1.807, 2.05) is 56.3 Å². The Morgan fingerprint density at radius 1 is 1.16 bits per heavy atom. The number of pyridine rings is 1. The maximum absolute atomic E-state index is 13.0. The Bertz CT molecular complexity index is 1100. The Labute approximate surface area is 189 Å². The number of nitrogens with one attached hydrogen (secondary N) is 2. The zero-order valence-electron chi connectivity index (χ0n) is 19.0. The number of ether oxygens (including phenoxy) is 1. The molecule has 6 nitrogen and oxygen atoms in total. The molecule has 6 heteroatoms. The number of H-pyrrole nitrogens is 1. The predicted octanol–water partition coefficient (Wildman–Crippen LogP) is 4.64. The van der Waals surface area contributed by atoms with E-state index in [1.165, 1.54) is 5.56 Å². The summed E-state index contributed by atoms with van der Waals surface area (Å²) in [7, 11) is 1.64. The van der Waals surface area contributed by atoms with Crippen LogP contribution >= 0.6 is 0 Å². The fourth-order valence-electron chi connectivity index (χ4n) is 4.74. The van der Waals surface area contributed by atoms with Crippen LogP contribution in [-0.2, 0) is 0 Å². The fourth-order valence-corrected chi connectivity index (χ4v) is 4.74. The molecule has 32 heavy (non-hydrogen) atoms. The molecule has 1 aliphatic rings. The van der Waals surface area contributed by atoms with Crippen molar-refractivity contribution in [3.63, 3.8) is 0 Å². The number of para-hydroxylation sites is 1. The van der Waals surface area contributed by atoms with E-state index >= 15 is 0 Å². The Morgan fingerprint density at radius 2 is 1.91 bits per heavy atom. The van der Waals surface area contributed by atoms with E-state index in [4.69, 9.17) is 4.74 Å². The minimum Gasteiger partial charge on any atom is -0.619 e. The molecule has 1 aromatic carbocycles. The Morgan fingerprint density at radius 3 is 2.62 bits per heavy atom. The number of benzene rings is 1. The highest BCUT2D eigenvalue weighted by atomic mass is 16.5. The van der Waals surface area contributed by atoms with Crippen LogP contribution < -0.4 is 14.8 Å². The second kappa shape index (κ2) is 9.47. The van der Waals surface area contributed by atoms with Crippen LogP contribution in [0.1, 0.15) is 58.9 Å². The molecule has 168 valence electrons. The lowest BCUT2D eigenvalue weighted by molar-refractivity contribution is -0.612. The number of aryl methyl sites for hydroxylation is 2. The van der Waals surface area contributed by atoms with Crippen LogP contribution in [-0.4, -0.2) is 24.5 Å². The fraction of sp³-hybridized carbons (Fsp3) is 0.385. The van der Waals surface area contributed by atoms with Crippen LogP contribution in [0.4, 0.5) is 0 Å². The largest absolute Gasteiger partial charge is 0.619 e. The Balaban J connectivity index is 1.37. The summed E-state index contributed by atoms with van der Waals surface area (Å²) < 4.78 is 6.40. The van der Waals surface area contributed by atoms with Crippen LogP contribution in [0, 0.1) is 25.0 Å². The van der Waals surface area contributed by atoms with Gasteiger partial charge in [-0.3, -0.25) is 4.79 Å². The van der Waals surface area contributed by atoms with Gasteiger partial charge in [-0.05, 0) is 68.2 Å². The van der Waals surface area contributed by atoms with Crippen molar-refractivity contribution >= 4 is 5.91 Å². The van der Waals surface area contributed by atoms with Gasteiger partial charge in [-0.25, -0.2) is 0 Å². The summed E-state index contributed by atoms with van der Waals surface area (Å²) >= 11 is 0. The first-order chi connectivity index (χ1) is 15.5. The molecule has 0 unspecified atom stereocenters. The van der Waals surface area contributed by atoms with Gasteiger partial charge in [-0.15, -0.1) is 0 Å². The zero-order valence-corrected chi connectivity index (χ0v) is 19.0. The number of methoxy groups -OCH3 is 1. The van der Waals surface area contributed by atoms with Gasteiger partial charge in [0.15, 0.2) is 11.9 Å². The molecule has 0 aliphatic heterocycles. The van der Waals surface area contributed by atoms with Crippen LogP contribution in [0.2, 0.25) is 0 Å². The molecule has 2 N–H and O–H groups in total. The maximum Gasteiger partial charge on any atom is 0.253 e. The van der Waals surface area contributed by atoms with E-state index in [0.29, 0.717) is 23.9 Å². The van der Waals surface area contributed by atoms with Crippen LogP contribution in [0.15, 0.2) is 48.7 Å². The summed E-state index contributed by atoms with van der Waals surface area (Å²) in [5.74, 6) is 1.64. The third-order valence-electron chi connectivity index (χ3n) is 6.57. The molecule has 2 heterocycles. The first-order valence-electron chi connectivity index (χ1n) is 11.3. The maximum atomic E-state index is 13.0. The number of carbonyl (C=O) groups is 1. The van der Waals surface area contributed by atoms with Crippen molar-refractivity contribution < 1.29 is 14.3 Å². The molecule has 4 rings (SSSR count). The lowest BCUT2D eigenvalue weighted by Crippen LogP contribution is -2.32. The van der Waals surface area contributed by atoms with Crippen molar-refractivity contribution in [2.24, 2.45) is 5.92 Å². The quantitative estimate of drug-likeness (QED) is 0.439. The molecule has 0 atom stereocenters. The summed E-state index contributed by atoms with van der Waals surface area (Å²) in [6.45, 7) is 4.48. The van der Waals surface area contributed by atoms with Gasteiger partial charge < -0.3 is 20.2 Å². The van der Waals surface area contributed by atoms with Crippen molar-refractivity contribution in [3.8, 4) is 17.0 Å². The average Bonchev–Trinajstić information content (AvgIpc) is 3.21. The molecule has 0 radical (unpaired) electrons. The molecular weight excluding hydrogens is 402 g/mol. The van der Waals surface area contributed by atoms with Crippen LogP contribution in [0.5, 0.6) is 5.75 Å². The first-order valence-corrected chi connectivity index (χ1v) is 11.3. The second-order valence-electron chi connectivity index (χ2n) is 8.80. The van der Waals surface area contributed by atoms with Crippen molar-refractivity contribution in [1.82, 2.24) is 10.3 Å². The summed E-state index contributed by atoms with van der Waals surface area (Å²) in [5.41, 5.74) is 5.24. The van der Waals surface area contributed by atoms with Crippen molar-refractivity contribution in [2.45, 2.75) is 45.4 Å². The molecular formula is C26H31N3O3. The van der Waals surface area contributed by atoms with E-state index in [2.05, 4.69) is 10.3 Å². The number of rotatable bonds is 6. The zero-order chi connectivity index (χ0) is 22.7. The van der Waals surface area contributed by atoms with Gasteiger partial charge in [-0.1, -0.05) is 12.1 Å². The first kappa shape index (κ1) is 21.9. The van der Waals surface area contributed by atoms with E-state index < -0.39 is 0 Å². The lowest BCUT2D eigenvalue weighted by Gasteiger charge is -2.28. The third-order valence-corrected chi connectivity index (χ3v) is 6.57. The number of amides is 1. The van der Waals surface area contributed by atoms with Gasteiger partial charge in [0.05, 0.1) is 18.4 Å². The van der Waals surface area contributed by atoms with E-state index in [-0.39, 0.29) is 5.91 Å². The molecule has 1 aliphatic carbocycles. The van der Waals surface area contributed by atoms with Gasteiger partial charge in [0.1, 0.15) is 5.75 Å². The number of aromatic nitrogens is 2. The molecule has 1 fully saturated rings. The Kier molecular flexibility index (Phi) is 6.49. The monoisotopic (exact) mass is 433 g/mol. The van der Waals surface area contributed by atoms with Gasteiger partial charge in [0.2, 0.25) is 0 Å². The van der Waals surface area contributed by atoms with E-state index in [9.17, 15) is 10.0 Å². The third kappa shape index (κ3) is 4.64. The van der Waals surface area contributed by atoms with Gasteiger partial charge in [0, 0.05) is 36.9 Å². The summed E-state index contributed by atoms with van der Waals surface area (Å²) in [5, 5.41) is 14.7. The predicted molar refractivity (Wildman–Crippen MR) is 125 cm³/mol. The molecule has 0 spiro atoms. The van der Waals surface area contributed by atoms with E-state index in [0.717, 1.165) is 58.8 Å². The molecule has 1 saturated carbocycles. The van der Waals surface area contributed by atoms with Gasteiger partial charge in [0.25, 0.3) is 5.91 Å². The molecule has 3 aromatic rings. The number of nitrogens with zero attached hydrogens (tertiary/aromatic N) is 1. The van der Waals surface area contributed by atoms with Gasteiger partial charge >= 0.3 is 0 Å². The molecule has 0 bridgehead atoms. The standard InChI is InChI=1S/C26H31N3O3/c1-17-14-23(25(28-17)22-6-4-5-7-24(22)32-3)26(30)27-16-19-8-10-20(11-9-19)21-12-13-29(31)18(2)15-21/h4-7,12-15,19-20,28H,8-11,16H2,1-3H3,(H,27,30). The van der Waals surface area contributed by atoms with Crippen molar-refractivity contribution in [2.75, 3.05) is 13.7 Å². The Hall–Kier alpha value is -3.28. The highest BCUT2D eigenvalue weighted by Crippen LogP contribution is 2.36. The molecule has 1 amide bonds. The normalized spacial score (nSPS) is 18.3. The highest BCUT2D eigenvalue weighted by Gasteiger charge is 2.25. The highest BCUT2D eigenvalue weighted by molar-refractivity contribution is 6.01. The average molecular weight is 434 g/mol. The molecule has 2 aromatic heterocycles. The number of hydrogen-bond acceptors (Lipinski definition) is 3. The smallest absolute Gasteiger partial charge is 0.253 e. The minimum absolute atomic E-state index is 0.0592. The summed E-state index contributed by atoms with van der Waals surface area (Å²) in [6.07, 6.45) is 5.91. The van der Waals surface area contributed by atoms with Crippen molar-refractivity contribution in [3.05, 3.63) is 76.4 Å². The molecule has 0 saturated heterocycles. The van der Waals surface area contributed by atoms with Crippen LogP contribution in [0.25, 0.3) is 11.3 Å². The van der Waals surface area contributed by atoms with Gasteiger partial charge in [-0.2, -0.15) is 4.73 Å². The number of aromatic amines is 1. The topological polar surface area (TPSA) is 81.1 Å². The van der Waals surface area contributed by atoms with E-state index in [1.54, 1.807) is 13.3 Å². The summed E-state index contributed by atoms with van der Waals surface area (Å²) in [6, 6.07) is 13.6. The lowest BCUT2D eigenvalue weighted by atomic mass is 9.79. The van der Waals surface area contributed by atoms with Crippen molar-refractivity contribution in [1.29, 1.82) is 0 Å². The number of hydrogen-bond donors (Lipinski definition) is 2. The van der Waals surface area contributed by atoms with Crippen LogP contribution in [0.3, 0.4) is 0 Å². The second-order valence-corrected chi connectivity index (χ2v) is 8.80. The number of carbonyl (C=O) groups excluding carboxylic acids is 1. The summed E-state index contributed by atoms with van der Waals surface area (Å²) in [4.78, 5) is 16.4.